The fourth-order valence-corrected chi connectivity index (χ4v) is 4.25. The van der Waals surface area contributed by atoms with Crippen LogP contribution in [0.25, 0.3) is 0 Å². The van der Waals surface area contributed by atoms with Crippen LogP contribution in [0, 0.1) is 6.92 Å². The van der Waals surface area contributed by atoms with Gasteiger partial charge in [0.25, 0.3) is 0 Å². The monoisotopic (exact) mass is 485 g/mol. The van der Waals surface area contributed by atoms with E-state index >= 15 is 0 Å². The Labute approximate surface area is 179 Å². The van der Waals surface area contributed by atoms with Crippen molar-refractivity contribution in [3.8, 4) is 0 Å². The van der Waals surface area contributed by atoms with E-state index in [9.17, 15) is 0 Å². The zero-order valence-corrected chi connectivity index (χ0v) is 18.8. The third-order valence-electron chi connectivity index (χ3n) is 6.07. The van der Waals surface area contributed by atoms with Crippen LogP contribution in [0.2, 0.25) is 0 Å². The minimum Gasteiger partial charge on any atom is -0.353 e. The summed E-state index contributed by atoms with van der Waals surface area (Å²) in [7, 11) is 2.01. The van der Waals surface area contributed by atoms with E-state index in [1.165, 1.54) is 32.1 Å². The molecule has 0 bridgehead atoms. The minimum atomic E-state index is 0. The molecular weight excluding hydrogens is 453 g/mol. The van der Waals surface area contributed by atoms with E-state index in [2.05, 4.69) is 37.5 Å². The zero-order chi connectivity index (χ0) is 17.9. The highest BCUT2D eigenvalue weighted by molar-refractivity contribution is 14.0. The number of aryl methyl sites for hydroxylation is 1. The number of likely N-dealkylation sites (tertiary alicyclic amines) is 1. The number of aromatic nitrogens is 3. The summed E-state index contributed by atoms with van der Waals surface area (Å²) >= 11 is 0. The largest absolute Gasteiger partial charge is 0.353 e. The second-order valence-electron chi connectivity index (χ2n) is 7.80. The average Bonchev–Trinajstić information content (AvgIpc) is 3.43. The first kappa shape index (κ1) is 20.6. The lowest BCUT2D eigenvalue weighted by Gasteiger charge is -2.27. The van der Waals surface area contributed by atoms with Crippen LogP contribution in [0.4, 0.5) is 0 Å². The molecule has 2 fully saturated rings. The first-order valence-electron chi connectivity index (χ1n) is 10.0. The molecule has 1 saturated carbocycles. The second-order valence-corrected chi connectivity index (χ2v) is 7.80. The lowest BCUT2D eigenvalue weighted by Crippen LogP contribution is -2.46. The van der Waals surface area contributed by atoms with Crippen LogP contribution >= 0.6 is 24.0 Å². The molecule has 1 unspecified atom stereocenters. The molecule has 1 saturated heterocycles. The Morgan fingerprint density at radius 2 is 1.93 bits per heavy atom. The van der Waals surface area contributed by atoms with Crippen LogP contribution in [-0.2, 0) is 13.6 Å². The van der Waals surface area contributed by atoms with E-state index in [0.717, 1.165) is 43.8 Å². The Bertz CT molecular complexity index is 670. The Morgan fingerprint density at radius 1 is 1.19 bits per heavy atom. The predicted molar refractivity (Wildman–Crippen MR) is 118 cm³/mol. The smallest absolute Gasteiger partial charge is 0.194 e. The van der Waals surface area contributed by atoms with Gasteiger partial charge in [-0.15, -0.1) is 34.2 Å². The molecule has 0 radical (unpaired) electrons. The van der Waals surface area contributed by atoms with Gasteiger partial charge in [-0.2, -0.15) is 0 Å². The maximum absolute atomic E-state index is 4.95. The standard InChI is InChI=1S/C19H31N7.HI/c1-15-22-23-18(24(15)2)13-20-19(21-16-7-3-4-8-16)26-12-9-17(14-26)25-10-5-6-11-25;/h5-6,16-17H,3-4,7-14H2,1-2H3,(H,20,21);1H. The molecule has 0 amide bonds. The van der Waals surface area contributed by atoms with Crippen molar-refractivity contribution >= 4 is 29.9 Å². The van der Waals surface area contributed by atoms with E-state index in [4.69, 9.17) is 4.99 Å². The summed E-state index contributed by atoms with van der Waals surface area (Å²) in [5.74, 6) is 2.92. The van der Waals surface area contributed by atoms with E-state index < -0.39 is 0 Å². The van der Waals surface area contributed by atoms with Crippen LogP contribution in [0.15, 0.2) is 17.1 Å². The Hall–Kier alpha value is -1.16. The molecule has 1 aromatic rings. The van der Waals surface area contributed by atoms with Crippen molar-refractivity contribution in [2.75, 3.05) is 26.2 Å². The number of hydrogen-bond acceptors (Lipinski definition) is 4. The van der Waals surface area contributed by atoms with Gasteiger partial charge < -0.3 is 14.8 Å². The summed E-state index contributed by atoms with van der Waals surface area (Å²) in [4.78, 5) is 9.97. The van der Waals surface area contributed by atoms with Gasteiger partial charge in [-0.05, 0) is 26.2 Å². The highest BCUT2D eigenvalue weighted by atomic mass is 127. The van der Waals surface area contributed by atoms with E-state index in [0.29, 0.717) is 18.6 Å². The quantitative estimate of drug-likeness (QED) is 0.306. The number of rotatable bonds is 4. The fraction of sp³-hybridized carbons (Fsp3) is 0.737. The van der Waals surface area contributed by atoms with Gasteiger partial charge in [0.15, 0.2) is 11.8 Å². The average molecular weight is 485 g/mol. The van der Waals surface area contributed by atoms with Crippen LogP contribution in [0.5, 0.6) is 0 Å². The van der Waals surface area contributed by atoms with Crippen molar-refractivity contribution in [2.24, 2.45) is 12.0 Å². The van der Waals surface area contributed by atoms with E-state index in [1.807, 2.05) is 18.5 Å². The Morgan fingerprint density at radius 3 is 2.59 bits per heavy atom. The number of guanidine groups is 1. The summed E-state index contributed by atoms with van der Waals surface area (Å²) in [5.41, 5.74) is 0. The van der Waals surface area contributed by atoms with Gasteiger partial charge >= 0.3 is 0 Å². The minimum absolute atomic E-state index is 0. The number of hydrogen-bond donors (Lipinski definition) is 1. The van der Waals surface area contributed by atoms with Crippen molar-refractivity contribution in [1.29, 1.82) is 0 Å². The summed E-state index contributed by atoms with van der Waals surface area (Å²) < 4.78 is 2.03. The molecule has 3 aliphatic rings. The third-order valence-corrected chi connectivity index (χ3v) is 6.07. The van der Waals surface area contributed by atoms with Gasteiger partial charge in [-0.25, -0.2) is 4.99 Å². The summed E-state index contributed by atoms with van der Waals surface area (Å²) in [6, 6.07) is 1.21. The zero-order valence-electron chi connectivity index (χ0n) is 16.5. The van der Waals surface area contributed by atoms with E-state index in [-0.39, 0.29) is 24.0 Å². The molecule has 1 aromatic heterocycles. The molecule has 0 aromatic carbocycles. The predicted octanol–water partition coefficient (Wildman–Crippen LogP) is 2.08. The Kier molecular flexibility index (Phi) is 7.13. The molecule has 1 aliphatic carbocycles. The summed E-state index contributed by atoms with van der Waals surface area (Å²) in [6.07, 6.45) is 11.0. The number of nitrogens with one attached hydrogen (secondary N) is 1. The molecular formula is C19H32IN7. The molecule has 27 heavy (non-hydrogen) atoms. The fourth-order valence-electron chi connectivity index (χ4n) is 4.25. The SMILES string of the molecule is Cc1nnc(CN=C(NC2CCCC2)N2CCC(N3CC=CC3)C2)n1C.I. The maximum atomic E-state index is 4.95. The number of aliphatic imine (C=N–C) groups is 1. The summed E-state index contributed by atoms with van der Waals surface area (Å²) in [6.45, 7) is 6.90. The van der Waals surface area contributed by atoms with Crippen molar-refractivity contribution in [1.82, 2.24) is 29.9 Å². The molecule has 3 heterocycles. The van der Waals surface area contributed by atoms with Crippen molar-refractivity contribution in [2.45, 2.75) is 57.7 Å². The van der Waals surface area contributed by atoms with Crippen LogP contribution < -0.4 is 5.32 Å². The van der Waals surface area contributed by atoms with Gasteiger partial charge in [0, 0.05) is 45.3 Å². The Balaban J connectivity index is 0.00000210. The van der Waals surface area contributed by atoms with Crippen LogP contribution in [0.1, 0.15) is 43.8 Å². The number of halogens is 1. The van der Waals surface area contributed by atoms with Gasteiger partial charge in [0.2, 0.25) is 0 Å². The second kappa shape index (κ2) is 9.36. The van der Waals surface area contributed by atoms with Gasteiger partial charge in [-0.3, -0.25) is 4.90 Å². The lowest BCUT2D eigenvalue weighted by atomic mass is 10.2. The maximum Gasteiger partial charge on any atom is 0.194 e. The summed E-state index contributed by atoms with van der Waals surface area (Å²) in [5, 5.41) is 12.2. The normalized spacial score (nSPS) is 24.0. The lowest BCUT2D eigenvalue weighted by molar-refractivity contribution is 0.259. The first-order valence-corrected chi connectivity index (χ1v) is 10.0. The van der Waals surface area contributed by atoms with Crippen molar-refractivity contribution < 1.29 is 0 Å². The third kappa shape index (κ3) is 4.82. The highest BCUT2D eigenvalue weighted by Gasteiger charge is 2.30. The molecule has 2 aliphatic heterocycles. The van der Waals surface area contributed by atoms with Crippen molar-refractivity contribution in [3.63, 3.8) is 0 Å². The molecule has 7 nitrogen and oxygen atoms in total. The first-order chi connectivity index (χ1) is 12.7. The molecule has 1 atom stereocenters. The van der Waals surface area contributed by atoms with Gasteiger partial charge in [0.05, 0.1) is 0 Å². The van der Waals surface area contributed by atoms with E-state index in [1.54, 1.807) is 0 Å². The molecule has 8 heteroatoms. The molecule has 1 N–H and O–H groups in total. The highest BCUT2D eigenvalue weighted by Crippen LogP contribution is 2.21. The van der Waals surface area contributed by atoms with Crippen LogP contribution in [-0.4, -0.2) is 68.8 Å². The topological polar surface area (TPSA) is 61.6 Å². The van der Waals surface area contributed by atoms with Gasteiger partial charge in [-0.1, -0.05) is 25.0 Å². The molecule has 150 valence electrons. The van der Waals surface area contributed by atoms with Crippen molar-refractivity contribution in [3.05, 3.63) is 23.8 Å². The van der Waals surface area contributed by atoms with Gasteiger partial charge in [0.1, 0.15) is 12.4 Å². The number of nitrogens with zero attached hydrogens (tertiary/aromatic N) is 6. The molecule has 0 spiro atoms. The van der Waals surface area contributed by atoms with Crippen LogP contribution in [0.3, 0.4) is 0 Å². The molecule has 4 rings (SSSR count).